The lowest BCUT2D eigenvalue weighted by molar-refractivity contribution is 0.526. The summed E-state index contributed by atoms with van der Waals surface area (Å²) in [5.41, 5.74) is 0.882. The maximum Gasteiger partial charge on any atom is 0.180 e. The normalized spacial score (nSPS) is 30.2. The third-order valence-corrected chi connectivity index (χ3v) is 4.59. The van der Waals surface area contributed by atoms with Crippen LogP contribution in [0.2, 0.25) is 0 Å². The van der Waals surface area contributed by atoms with Gasteiger partial charge in [0.15, 0.2) is 11.5 Å². The molecule has 0 amide bonds. The molecule has 2 fully saturated rings. The minimum atomic E-state index is 0.484. The van der Waals surface area contributed by atoms with Crippen molar-refractivity contribution in [3.05, 3.63) is 23.2 Å². The minimum absolute atomic E-state index is 0.484. The number of imidazole rings is 1. The number of hydrogen-bond acceptors (Lipinski definition) is 4. The molecule has 4 rings (SSSR count). The lowest BCUT2D eigenvalue weighted by atomic mass is 9.95. The third kappa shape index (κ3) is 1.55. The Labute approximate surface area is 113 Å². The van der Waals surface area contributed by atoms with Crippen LogP contribution in [0.1, 0.15) is 19.3 Å². The van der Waals surface area contributed by atoms with Crippen LogP contribution in [-0.4, -0.2) is 32.5 Å². The summed E-state index contributed by atoms with van der Waals surface area (Å²) in [4.78, 5) is 8.82. The fraction of sp³-hybridized carbons (Fsp3) is 0.500. The predicted molar refractivity (Wildman–Crippen MR) is 72.7 cm³/mol. The number of rotatable bonds is 2. The highest BCUT2D eigenvalue weighted by atomic mass is 79.9. The Morgan fingerprint density at radius 2 is 2.33 bits per heavy atom. The first-order chi connectivity index (χ1) is 8.81. The van der Waals surface area contributed by atoms with Gasteiger partial charge in [-0.1, -0.05) is 0 Å². The number of aromatic nitrogens is 3. The van der Waals surface area contributed by atoms with E-state index in [0.717, 1.165) is 16.1 Å². The molecule has 0 saturated carbocycles. The third-order valence-electron chi connectivity index (χ3n) is 4.01. The average Bonchev–Trinajstić information content (AvgIpc) is 3.06. The Morgan fingerprint density at radius 3 is 3.11 bits per heavy atom. The number of nitrogens with zero attached hydrogens (tertiary/aromatic N) is 3. The molecule has 6 heteroatoms. The molecule has 4 heterocycles. The largest absolute Gasteiger partial charge is 0.363 e. The van der Waals surface area contributed by atoms with Crippen LogP contribution in [0.25, 0.3) is 5.65 Å². The molecule has 2 N–H and O–H groups in total. The second kappa shape index (κ2) is 3.93. The van der Waals surface area contributed by atoms with Crippen LogP contribution in [0.3, 0.4) is 0 Å². The lowest BCUT2D eigenvalue weighted by Gasteiger charge is -2.22. The van der Waals surface area contributed by atoms with Crippen LogP contribution in [0.5, 0.6) is 0 Å². The van der Waals surface area contributed by atoms with Gasteiger partial charge in [-0.2, -0.15) is 0 Å². The predicted octanol–water partition coefficient (Wildman–Crippen LogP) is 1.80. The van der Waals surface area contributed by atoms with E-state index < -0.39 is 0 Å². The van der Waals surface area contributed by atoms with Crippen molar-refractivity contribution < 1.29 is 0 Å². The Kier molecular flexibility index (Phi) is 2.35. The van der Waals surface area contributed by atoms with E-state index >= 15 is 0 Å². The van der Waals surface area contributed by atoms with Gasteiger partial charge in [0.2, 0.25) is 0 Å². The van der Waals surface area contributed by atoms with Gasteiger partial charge in [-0.15, -0.1) is 0 Å². The molecular weight excluding hydrogens is 294 g/mol. The maximum atomic E-state index is 4.42. The number of anilines is 1. The molecule has 0 radical (unpaired) electrons. The van der Waals surface area contributed by atoms with E-state index in [1.54, 1.807) is 6.20 Å². The molecule has 0 spiro atoms. The number of fused-ring (bicyclic) bond motifs is 3. The maximum absolute atomic E-state index is 4.42. The summed E-state index contributed by atoms with van der Waals surface area (Å²) in [6, 6.07) is 1.77. The molecule has 18 heavy (non-hydrogen) atoms. The van der Waals surface area contributed by atoms with Gasteiger partial charge in [0, 0.05) is 30.5 Å². The second-order valence-corrected chi connectivity index (χ2v) is 5.90. The van der Waals surface area contributed by atoms with Crippen LogP contribution in [-0.2, 0) is 0 Å². The Hall–Kier alpha value is -1.14. The fourth-order valence-corrected chi connectivity index (χ4v) is 3.54. The SMILES string of the molecule is Brc1cnc2c(N[C@@H]3C[C@H]4CC[C@@H]3N4)nccn12. The monoisotopic (exact) mass is 307 g/mol. The number of hydrogen-bond donors (Lipinski definition) is 2. The van der Waals surface area contributed by atoms with Crippen molar-refractivity contribution in [2.24, 2.45) is 0 Å². The van der Waals surface area contributed by atoms with Crippen molar-refractivity contribution in [3.8, 4) is 0 Å². The van der Waals surface area contributed by atoms with Crippen LogP contribution in [0, 0.1) is 0 Å². The fourth-order valence-electron chi connectivity index (χ4n) is 3.15. The van der Waals surface area contributed by atoms with Gasteiger partial charge < -0.3 is 10.6 Å². The molecule has 2 bridgehead atoms. The van der Waals surface area contributed by atoms with Crippen molar-refractivity contribution in [2.45, 2.75) is 37.4 Å². The minimum Gasteiger partial charge on any atom is -0.363 e. The molecule has 0 unspecified atom stereocenters. The van der Waals surface area contributed by atoms with Gasteiger partial charge in [0.05, 0.1) is 6.20 Å². The first-order valence-electron chi connectivity index (χ1n) is 6.31. The second-order valence-electron chi connectivity index (χ2n) is 5.08. The summed E-state index contributed by atoms with van der Waals surface area (Å²) < 4.78 is 2.95. The van der Waals surface area contributed by atoms with Gasteiger partial charge >= 0.3 is 0 Å². The summed E-state index contributed by atoms with van der Waals surface area (Å²) in [7, 11) is 0. The summed E-state index contributed by atoms with van der Waals surface area (Å²) >= 11 is 3.48. The average molecular weight is 308 g/mol. The Morgan fingerprint density at radius 1 is 1.39 bits per heavy atom. The van der Waals surface area contributed by atoms with Gasteiger partial charge in [0.1, 0.15) is 4.60 Å². The van der Waals surface area contributed by atoms with Crippen molar-refractivity contribution >= 4 is 27.4 Å². The van der Waals surface area contributed by atoms with Crippen molar-refractivity contribution in [1.29, 1.82) is 0 Å². The highest BCUT2D eigenvalue weighted by Gasteiger charge is 2.39. The smallest absolute Gasteiger partial charge is 0.180 e. The van der Waals surface area contributed by atoms with Crippen LogP contribution in [0.4, 0.5) is 5.82 Å². The molecule has 0 aliphatic carbocycles. The quantitative estimate of drug-likeness (QED) is 0.888. The molecule has 2 aliphatic heterocycles. The van der Waals surface area contributed by atoms with Crippen molar-refractivity contribution in [3.63, 3.8) is 0 Å². The van der Waals surface area contributed by atoms with E-state index in [4.69, 9.17) is 0 Å². The van der Waals surface area contributed by atoms with Crippen LogP contribution in [0.15, 0.2) is 23.2 Å². The molecule has 2 saturated heterocycles. The van der Waals surface area contributed by atoms with Crippen molar-refractivity contribution in [1.82, 2.24) is 19.7 Å². The zero-order chi connectivity index (χ0) is 12.1. The number of nitrogens with one attached hydrogen (secondary N) is 2. The Balaban J connectivity index is 1.67. The van der Waals surface area contributed by atoms with Gasteiger partial charge in [-0.3, -0.25) is 4.40 Å². The summed E-state index contributed by atoms with van der Waals surface area (Å²) in [5.74, 6) is 0.877. The van der Waals surface area contributed by atoms with Gasteiger partial charge in [-0.05, 0) is 35.2 Å². The molecule has 0 aromatic carbocycles. The molecule has 2 aromatic rings. The first-order valence-corrected chi connectivity index (χ1v) is 7.11. The summed E-state index contributed by atoms with van der Waals surface area (Å²) in [5, 5.41) is 7.18. The van der Waals surface area contributed by atoms with Gasteiger partial charge in [-0.25, -0.2) is 9.97 Å². The highest BCUT2D eigenvalue weighted by molar-refractivity contribution is 9.10. The van der Waals surface area contributed by atoms with E-state index in [-0.39, 0.29) is 0 Å². The van der Waals surface area contributed by atoms with E-state index in [2.05, 4.69) is 36.5 Å². The molecule has 3 atom stereocenters. The zero-order valence-corrected chi connectivity index (χ0v) is 11.4. The van der Waals surface area contributed by atoms with Crippen molar-refractivity contribution in [2.75, 3.05) is 5.32 Å². The topological polar surface area (TPSA) is 54.2 Å². The summed E-state index contributed by atoms with van der Waals surface area (Å²) in [6.07, 6.45) is 9.30. The van der Waals surface area contributed by atoms with E-state index in [9.17, 15) is 0 Å². The Bertz CT molecular complexity index is 595. The van der Waals surface area contributed by atoms with E-state index in [0.29, 0.717) is 18.1 Å². The molecule has 94 valence electrons. The van der Waals surface area contributed by atoms with Crippen LogP contribution < -0.4 is 10.6 Å². The molecule has 2 aliphatic rings. The van der Waals surface area contributed by atoms with Gasteiger partial charge in [0.25, 0.3) is 0 Å². The highest BCUT2D eigenvalue weighted by Crippen LogP contribution is 2.31. The number of halogens is 1. The first kappa shape index (κ1) is 10.8. The summed E-state index contributed by atoms with van der Waals surface area (Å²) in [6.45, 7) is 0. The van der Waals surface area contributed by atoms with Crippen LogP contribution >= 0.6 is 15.9 Å². The zero-order valence-electron chi connectivity index (χ0n) is 9.81. The standard InChI is InChI=1S/C12H14BrN5/c13-10-6-15-12-11(14-3-4-18(10)12)17-9-5-7-1-2-8(9)16-7/h3-4,6-9,16H,1-2,5H2,(H,14,17)/t7-,8+,9-/m1/s1. The lowest BCUT2D eigenvalue weighted by Crippen LogP contribution is -2.33. The van der Waals surface area contributed by atoms with E-state index in [1.165, 1.54) is 19.3 Å². The molecule has 2 aromatic heterocycles. The molecule has 5 nitrogen and oxygen atoms in total. The molecular formula is C12H14BrN5. The van der Waals surface area contributed by atoms with E-state index in [1.807, 2.05) is 16.8 Å².